The van der Waals surface area contributed by atoms with Gasteiger partial charge in [0.15, 0.2) is 0 Å². The number of rotatable bonds is 0. The Morgan fingerprint density at radius 1 is 1.29 bits per heavy atom. The summed E-state index contributed by atoms with van der Waals surface area (Å²) >= 11 is 6.07. The van der Waals surface area contributed by atoms with Gasteiger partial charge in [-0.25, -0.2) is 0 Å². The summed E-state index contributed by atoms with van der Waals surface area (Å²) in [6.07, 6.45) is 0.989. The number of hydrogen-bond donors (Lipinski definition) is 0. The minimum atomic E-state index is 0.169. The largest absolute Gasteiger partial charge is 0.491 e. The smallest absolute Gasteiger partial charge is 0.141 e. The van der Waals surface area contributed by atoms with Crippen molar-refractivity contribution < 1.29 is 4.74 Å². The third-order valence-electron chi connectivity index (χ3n) is 2.62. The summed E-state index contributed by atoms with van der Waals surface area (Å²) in [7, 11) is 0. The van der Waals surface area contributed by atoms with Gasteiger partial charge in [0.05, 0.1) is 11.6 Å². The third kappa shape index (κ3) is 1.50. The molecule has 0 radical (unpaired) electrons. The van der Waals surface area contributed by atoms with E-state index in [2.05, 4.69) is 26.8 Å². The van der Waals surface area contributed by atoms with Gasteiger partial charge in [-0.1, -0.05) is 38.4 Å². The Bertz CT molecular complexity index is 363. The predicted molar refractivity (Wildman–Crippen MR) is 59.4 cm³/mol. The van der Waals surface area contributed by atoms with Crippen LogP contribution in [0.2, 0.25) is 5.02 Å². The molecule has 0 atom stereocenters. The minimum absolute atomic E-state index is 0.169. The van der Waals surface area contributed by atoms with Gasteiger partial charge in [-0.2, -0.15) is 0 Å². The number of benzene rings is 1. The fourth-order valence-electron chi connectivity index (χ4n) is 1.96. The molecule has 0 amide bonds. The second-order valence-electron chi connectivity index (χ2n) is 4.75. The second kappa shape index (κ2) is 3.16. The zero-order chi connectivity index (χ0) is 10.3. The molecule has 76 valence electrons. The van der Waals surface area contributed by atoms with Gasteiger partial charge in [0, 0.05) is 12.0 Å². The molecule has 0 saturated carbocycles. The summed E-state index contributed by atoms with van der Waals surface area (Å²) in [5.41, 5.74) is 2.82. The van der Waals surface area contributed by atoms with Gasteiger partial charge in [-0.15, -0.1) is 0 Å². The SMILES string of the molecule is CC(C)(C)c1ccc(Cl)c2c1CCO2. The van der Waals surface area contributed by atoms with Crippen LogP contribution in [0.4, 0.5) is 0 Å². The Labute approximate surface area is 90.0 Å². The van der Waals surface area contributed by atoms with Crippen molar-refractivity contribution in [1.29, 1.82) is 0 Å². The van der Waals surface area contributed by atoms with Gasteiger partial charge >= 0.3 is 0 Å². The summed E-state index contributed by atoms with van der Waals surface area (Å²) in [5.74, 6) is 0.902. The van der Waals surface area contributed by atoms with Gasteiger partial charge < -0.3 is 4.74 Å². The van der Waals surface area contributed by atoms with Crippen LogP contribution in [0.5, 0.6) is 5.75 Å². The van der Waals surface area contributed by atoms with Crippen LogP contribution >= 0.6 is 11.6 Å². The molecule has 2 heteroatoms. The average molecular weight is 211 g/mol. The molecule has 0 bridgehead atoms. The highest BCUT2D eigenvalue weighted by atomic mass is 35.5. The van der Waals surface area contributed by atoms with E-state index in [9.17, 15) is 0 Å². The van der Waals surface area contributed by atoms with Crippen LogP contribution in [-0.2, 0) is 11.8 Å². The molecular formula is C12H15ClO. The van der Waals surface area contributed by atoms with Crippen molar-refractivity contribution in [3.8, 4) is 5.75 Å². The molecule has 0 N–H and O–H groups in total. The molecule has 0 unspecified atom stereocenters. The van der Waals surface area contributed by atoms with E-state index in [0.29, 0.717) is 0 Å². The molecule has 14 heavy (non-hydrogen) atoms. The Kier molecular flexibility index (Phi) is 2.23. The summed E-state index contributed by atoms with van der Waals surface area (Å²) in [5, 5.41) is 0.741. The van der Waals surface area contributed by atoms with Crippen molar-refractivity contribution in [3.63, 3.8) is 0 Å². The standard InChI is InChI=1S/C12H15ClO/c1-12(2,3)9-4-5-10(13)11-8(9)6-7-14-11/h4-5H,6-7H2,1-3H3. The lowest BCUT2D eigenvalue weighted by molar-refractivity contribution is 0.357. The molecular weight excluding hydrogens is 196 g/mol. The van der Waals surface area contributed by atoms with Crippen LogP contribution in [0.15, 0.2) is 12.1 Å². The Hall–Kier alpha value is -0.690. The van der Waals surface area contributed by atoms with E-state index in [4.69, 9.17) is 16.3 Å². The molecule has 1 aromatic rings. The third-order valence-corrected chi connectivity index (χ3v) is 2.92. The lowest BCUT2D eigenvalue weighted by atomic mass is 9.83. The lowest BCUT2D eigenvalue weighted by Crippen LogP contribution is -2.13. The zero-order valence-corrected chi connectivity index (χ0v) is 9.61. The molecule has 1 aliphatic rings. The predicted octanol–water partition coefficient (Wildman–Crippen LogP) is 3.57. The van der Waals surface area contributed by atoms with Crippen molar-refractivity contribution in [2.45, 2.75) is 32.6 Å². The molecule has 1 aromatic carbocycles. The number of hydrogen-bond acceptors (Lipinski definition) is 1. The van der Waals surface area contributed by atoms with Crippen LogP contribution in [0.25, 0.3) is 0 Å². The highest BCUT2D eigenvalue weighted by molar-refractivity contribution is 6.32. The fourth-order valence-corrected chi connectivity index (χ4v) is 2.19. The molecule has 2 rings (SSSR count). The first kappa shape index (κ1) is 9.85. The van der Waals surface area contributed by atoms with Crippen LogP contribution in [0.3, 0.4) is 0 Å². The first-order valence-electron chi connectivity index (χ1n) is 4.95. The maximum absolute atomic E-state index is 6.07. The maximum Gasteiger partial charge on any atom is 0.141 e. The van der Waals surface area contributed by atoms with Crippen molar-refractivity contribution in [2.75, 3.05) is 6.61 Å². The summed E-state index contributed by atoms with van der Waals surface area (Å²) in [6, 6.07) is 4.06. The van der Waals surface area contributed by atoms with E-state index in [-0.39, 0.29) is 5.41 Å². The Balaban J connectivity index is 2.60. The first-order chi connectivity index (χ1) is 6.50. The first-order valence-corrected chi connectivity index (χ1v) is 5.32. The van der Waals surface area contributed by atoms with E-state index >= 15 is 0 Å². The number of fused-ring (bicyclic) bond motifs is 1. The molecule has 0 saturated heterocycles. The monoisotopic (exact) mass is 210 g/mol. The summed E-state index contributed by atoms with van der Waals surface area (Å²) in [6.45, 7) is 7.42. The normalized spacial score (nSPS) is 15.1. The molecule has 1 heterocycles. The van der Waals surface area contributed by atoms with Crippen LogP contribution in [-0.4, -0.2) is 6.61 Å². The van der Waals surface area contributed by atoms with E-state index < -0.39 is 0 Å². The number of halogens is 1. The molecule has 0 fully saturated rings. The maximum atomic E-state index is 6.07. The van der Waals surface area contributed by atoms with Gasteiger partial charge in [0.1, 0.15) is 5.75 Å². The van der Waals surface area contributed by atoms with Crippen molar-refractivity contribution >= 4 is 11.6 Å². The highest BCUT2D eigenvalue weighted by Gasteiger charge is 2.25. The Morgan fingerprint density at radius 2 is 2.00 bits per heavy atom. The molecule has 0 aliphatic carbocycles. The van der Waals surface area contributed by atoms with Gasteiger partial charge in [-0.3, -0.25) is 0 Å². The summed E-state index contributed by atoms with van der Waals surface area (Å²) in [4.78, 5) is 0. The van der Waals surface area contributed by atoms with Crippen molar-refractivity contribution in [3.05, 3.63) is 28.3 Å². The second-order valence-corrected chi connectivity index (χ2v) is 5.16. The van der Waals surface area contributed by atoms with E-state index in [1.54, 1.807) is 0 Å². The average Bonchev–Trinajstić information content (AvgIpc) is 2.50. The molecule has 1 nitrogen and oxygen atoms in total. The highest BCUT2D eigenvalue weighted by Crippen LogP contribution is 2.39. The van der Waals surface area contributed by atoms with Crippen LogP contribution < -0.4 is 4.74 Å². The lowest BCUT2D eigenvalue weighted by Gasteiger charge is -2.22. The number of ether oxygens (including phenoxy) is 1. The van der Waals surface area contributed by atoms with Gasteiger partial charge in [0.2, 0.25) is 0 Å². The quantitative estimate of drug-likeness (QED) is 0.636. The fraction of sp³-hybridized carbons (Fsp3) is 0.500. The van der Waals surface area contributed by atoms with Gasteiger partial charge in [0.25, 0.3) is 0 Å². The van der Waals surface area contributed by atoms with E-state index in [0.717, 1.165) is 23.8 Å². The zero-order valence-electron chi connectivity index (χ0n) is 8.86. The minimum Gasteiger partial charge on any atom is -0.491 e. The molecule has 1 aliphatic heterocycles. The van der Waals surface area contributed by atoms with Crippen molar-refractivity contribution in [2.24, 2.45) is 0 Å². The summed E-state index contributed by atoms with van der Waals surface area (Å²) < 4.78 is 5.53. The molecule has 0 spiro atoms. The van der Waals surface area contributed by atoms with Crippen LogP contribution in [0.1, 0.15) is 31.9 Å². The van der Waals surface area contributed by atoms with Crippen LogP contribution in [0, 0.1) is 0 Å². The Morgan fingerprint density at radius 3 is 2.64 bits per heavy atom. The van der Waals surface area contributed by atoms with E-state index in [1.165, 1.54) is 11.1 Å². The van der Waals surface area contributed by atoms with Gasteiger partial charge in [-0.05, 0) is 17.0 Å². The van der Waals surface area contributed by atoms with Crippen molar-refractivity contribution in [1.82, 2.24) is 0 Å². The van der Waals surface area contributed by atoms with E-state index in [1.807, 2.05) is 6.07 Å². The topological polar surface area (TPSA) is 9.23 Å². The molecule has 0 aromatic heterocycles.